The van der Waals surface area contributed by atoms with Gasteiger partial charge in [-0.1, -0.05) is 29.8 Å². The second-order valence-corrected chi connectivity index (χ2v) is 6.30. The van der Waals surface area contributed by atoms with E-state index in [1.807, 2.05) is 29.2 Å². The molecule has 1 aliphatic rings. The maximum Gasteiger partial charge on any atom is 0.276 e. The number of amides is 1. The Hall–Kier alpha value is -2.60. The molecule has 128 valence electrons. The maximum absolute atomic E-state index is 13.9. The Kier molecular flexibility index (Phi) is 4.05. The minimum absolute atomic E-state index is 0.193. The van der Waals surface area contributed by atoms with Crippen LogP contribution in [0.5, 0.6) is 0 Å². The summed E-state index contributed by atoms with van der Waals surface area (Å²) in [6.07, 6.45) is 1.76. The monoisotopic (exact) mass is 358 g/mol. The van der Waals surface area contributed by atoms with Crippen molar-refractivity contribution in [1.82, 2.24) is 14.5 Å². The molecule has 0 unspecified atom stereocenters. The first-order chi connectivity index (χ1) is 12.1. The molecule has 1 amide bonds. The third-order valence-electron chi connectivity index (χ3n) is 4.44. The Morgan fingerprint density at radius 1 is 1.04 bits per heavy atom. The summed E-state index contributed by atoms with van der Waals surface area (Å²) < 4.78 is 15.5. The lowest BCUT2D eigenvalue weighted by molar-refractivity contribution is 0.0740. The summed E-state index contributed by atoms with van der Waals surface area (Å²) in [5.74, 6) is -0.437. The van der Waals surface area contributed by atoms with Gasteiger partial charge in [0, 0.05) is 32.4 Å². The number of carbonyl (C=O) groups is 1. The fourth-order valence-electron chi connectivity index (χ4n) is 3.11. The molecule has 1 aliphatic heterocycles. The van der Waals surface area contributed by atoms with E-state index >= 15 is 0 Å². The highest BCUT2D eigenvalue weighted by Crippen LogP contribution is 2.24. The largest absolute Gasteiger partial charge is 0.366 e. The second-order valence-electron chi connectivity index (χ2n) is 5.92. The molecule has 5 nitrogen and oxygen atoms in total. The number of fused-ring (bicyclic) bond motifs is 1. The maximum atomic E-state index is 13.9. The molecule has 4 rings (SSSR count). The Balaban J connectivity index is 1.51. The molecule has 2 aromatic heterocycles. The summed E-state index contributed by atoms with van der Waals surface area (Å²) in [4.78, 5) is 16.4. The van der Waals surface area contributed by atoms with E-state index in [0.717, 1.165) is 0 Å². The molecule has 3 heterocycles. The number of piperazine rings is 1. The predicted octanol–water partition coefficient (Wildman–Crippen LogP) is 3.09. The van der Waals surface area contributed by atoms with Gasteiger partial charge in [0.2, 0.25) is 0 Å². The van der Waals surface area contributed by atoms with Crippen molar-refractivity contribution >= 4 is 28.7 Å². The molecule has 3 aromatic rings. The number of para-hydroxylation sites is 1. The smallest absolute Gasteiger partial charge is 0.276 e. The fourth-order valence-corrected chi connectivity index (χ4v) is 3.38. The molecule has 0 bridgehead atoms. The van der Waals surface area contributed by atoms with Crippen LogP contribution in [0.3, 0.4) is 0 Å². The third kappa shape index (κ3) is 2.82. The van der Waals surface area contributed by atoms with Gasteiger partial charge in [-0.15, -0.1) is 0 Å². The van der Waals surface area contributed by atoms with Crippen molar-refractivity contribution in [3.05, 3.63) is 65.2 Å². The number of benzene rings is 1. The summed E-state index contributed by atoms with van der Waals surface area (Å²) in [7, 11) is 0. The average Bonchev–Trinajstić information content (AvgIpc) is 2.99. The van der Waals surface area contributed by atoms with E-state index in [-0.39, 0.29) is 17.4 Å². The highest BCUT2D eigenvalue weighted by molar-refractivity contribution is 6.36. The molecule has 0 atom stereocenters. The molecule has 0 saturated carbocycles. The summed E-state index contributed by atoms with van der Waals surface area (Å²) in [6.45, 7) is 2.13. The standard InChI is InChI=1S/C18H16ClFN4O/c19-16-15-7-3-4-8-24(15)21-17(16)18(25)23-11-9-22(10-12-23)14-6-2-1-5-13(14)20/h1-8H,9-12H2. The first-order valence-electron chi connectivity index (χ1n) is 8.07. The van der Waals surface area contributed by atoms with Crippen LogP contribution in [0.2, 0.25) is 5.02 Å². The first kappa shape index (κ1) is 15.9. The van der Waals surface area contributed by atoms with Gasteiger partial charge >= 0.3 is 0 Å². The van der Waals surface area contributed by atoms with Crippen molar-refractivity contribution in [2.75, 3.05) is 31.1 Å². The van der Waals surface area contributed by atoms with Gasteiger partial charge < -0.3 is 9.80 Å². The van der Waals surface area contributed by atoms with Crippen molar-refractivity contribution in [2.45, 2.75) is 0 Å². The number of anilines is 1. The molecule has 25 heavy (non-hydrogen) atoms. The lowest BCUT2D eigenvalue weighted by Gasteiger charge is -2.35. The number of rotatable bonds is 2. The lowest BCUT2D eigenvalue weighted by Crippen LogP contribution is -2.49. The molecular formula is C18H16ClFN4O. The normalized spacial score (nSPS) is 15.0. The molecule has 7 heteroatoms. The number of carbonyl (C=O) groups excluding carboxylic acids is 1. The summed E-state index contributed by atoms with van der Waals surface area (Å²) in [5, 5.41) is 4.66. The van der Waals surface area contributed by atoms with Crippen molar-refractivity contribution in [1.29, 1.82) is 0 Å². The van der Waals surface area contributed by atoms with Gasteiger partial charge in [0.05, 0.1) is 16.2 Å². The van der Waals surface area contributed by atoms with Crippen LogP contribution in [0.4, 0.5) is 10.1 Å². The highest BCUT2D eigenvalue weighted by Gasteiger charge is 2.27. The molecule has 0 aliphatic carbocycles. The topological polar surface area (TPSA) is 40.9 Å². The van der Waals surface area contributed by atoms with E-state index in [9.17, 15) is 9.18 Å². The average molecular weight is 359 g/mol. The quantitative estimate of drug-likeness (QED) is 0.707. The van der Waals surface area contributed by atoms with Gasteiger partial charge in [-0.2, -0.15) is 5.10 Å². The zero-order valence-electron chi connectivity index (χ0n) is 13.4. The SMILES string of the molecule is O=C(c1nn2ccccc2c1Cl)N1CCN(c2ccccc2F)CC1. The van der Waals surface area contributed by atoms with Crippen molar-refractivity contribution < 1.29 is 9.18 Å². The van der Waals surface area contributed by atoms with Gasteiger partial charge in [-0.3, -0.25) is 4.79 Å². The Bertz CT molecular complexity index is 934. The van der Waals surface area contributed by atoms with E-state index in [4.69, 9.17) is 11.6 Å². The molecule has 0 spiro atoms. The van der Waals surface area contributed by atoms with Crippen molar-refractivity contribution in [3.8, 4) is 0 Å². The van der Waals surface area contributed by atoms with Crippen LogP contribution in [0.1, 0.15) is 10.5 Å². The number of aromatic nitrogens is 2. The van der Waals surface area contributed by atoms with Gasteiger partial charge in [0.25, 0.3) is 5.91 Å². The number of nitrogens with zero attached hydrogens (tertiary/aromatic N) is 4. The van der Waals surface area contributed by atoms with Crippen molar-refractivity contribution in [3.63, 3.8) is 0 Å². The van der Waals surface area contributed by atoms with E-state index in [2.05, 4.69) is 5.10 Å². The summed E-state index contributed by atoms with van der Waals surface area (Å²) in [6, 6.07) is 12.2. The fraction of sp³-hybridized carbons (Fsp3) is 0.222. The van der Waals surface area contributed by atoms with Crippen LogP contribution in [-0.4, -0.2) is 46.6 Å². The lowest BCUT2D eigenvalue weighted by atomic mass is 10.2. The number of pyridine rings is 1. The molecular weight excluding hydrogens is 343 g/mol. The molecule has 1 saturated heterocycles. The summed E-state index contributed by atoms with van der Waals surface area (Å²) >= 11 is 6.33. The van der Waals surface area contributed by atoms with Crippen LogP contribution in [0.25, 0.3) is 5.52 Å². The molecule has 0 radical (unpaired) electrons. The number of hydrogen-bond acceptors (Lipinski definition) is 3. The zero-order valence-corrected chi connectivity index (χ0v) is 14.2. The van der Waals surface area contributed by atoms with Gasteiger partial charge in [-0.05, 0) is 24.3 Å². The molecule has 1 aromatic carbocycles. The Labute approximate surface area is 149 Å². The second kappa shape index (κ2) is 6.37. The van der Waals surface area contributed by atoms with Gasteiger partial charge in [-0.25, -0.2) is 8.91 Å². The van der Waals surface area contributed by atoms with Crippen LogP contribution >= 0.6 is 11.6 Å². The van der Waals surface area contributed by atoms with Gasteiger partial charge in [0.1, 0.15) is 5.82 Å². The van der Waals surface area contributed by atoms with E-state index in [1.165, 1.54) is 6.07 Å². The predicted molar refractivity (Wildman–Crippen MR) is 94.7 cm³/mol. The number of halogens is 2. The van der Waals surface area contributed by atoms with E-state index in [0.29, 0.717) is 42.4 Å². The zero-order chi connectivity index (χ0) is 17.4. The van der Waals surface area contributed by atoms with Crippen molar-refractivity contribution in [2.24, 2.45) is 0 Å². The van der Waals surface area contributed by atoms with Gasteiger partial charge in [0.15, 0.2) is 5.69 Å². The Morgan fingerprint density at radius 3 is 2.48 bits per heavy atom. The molecule has 0 N–H and O–H groups in total. The van der Waals surface area contributed by atoms with Crippen LogP contribution < -0.4 is 4.90 Å². The summed E-state index contributed by atoms with van der Waals surface area (Å²) in [5.41, 5.74) is 1.53. The Morgan fingerprint density at radius 2 is 1.76 bits per heavy atom. The third-order valence-corrected chi connectivity index (χ3v) is 4.82. The van der Waals surface area contributed by atoms with Crippen LogP contribution in [0, 0.1) is 5.82 Å². The number of hydrogen-bond donors (Lipinski definition) is 0. The van der Waals surface area contributed by atoms with E-state index in [1.54, 1.807) is 27.7 Å². The van der Waals surface area contributed by atoms with Crippen LogP contribution in [-0.2, 0) is 0 Å². The minimum atomic E-state index is -0.245. The highest BCUT2D eigenvalue weighted by atomic mass is 35.5. The first-order valence-corrected chi connectivity index (χ1v) is 8.44. The minimum Gasteiger partial charge on any atom is -0.366 e. The van der Waals surface area contributed by atoms with E-state index < -0.39 is 0 Å². The molecule has 1 fully saturated rings. The van der Waals surface area contributed by atoms with Crippen LogP contribution in [0.15, 0.2) is 48.7 Å².